The van der Waals surface area contributed by atoms with Crippen LogP contribution in [0.2, 0.25) is 5.02 Å². The van der Waals surface area contributed by atoms with E-state index in [4.69, 9.17) is 11.6 Å². The molecule has 94 valence electrons. The molecule has 2 aromatic rings. The molecule has 0 spiro atoms. The molecule has 1 atom stereocenters. The van der Waals surface area contributed by atoms with E-state index in [0.29, 0.717) is 0 Å². The Morgan fingerprint density at radius 1 is 1.17 bits per heavy atom. The van der Waals surface area contributed by atoms with Crippen LogP contribution in [0.1, 0.15) is 17.2 Å². The molecule has 2 aromatic carbocycles. The van der Waals surface area contributed by atoms with Gasteiger partial charge in [-0.05, 0) is 53.4 Å². The second-order valence-electron chi connectivity index (χ2n) is 3.88. The van der Waals surface area contributed by atoms with Gasteiger partial charge in [0.25, 0.3) is 0 Å². The molecule has 0 saturated heterocycles. The molecule has 1 nitrogen and oxygen atoms in total. The van der Waals surface area contributed by atoms with E-state index in [-0.39, 0.29) is 6.04 Å². The fourth-order valence-corrected chi connectivity index (χ4v) is 3.64. The van der Waals surface area contributed by atoms with Crippen molar-refractivity contribution in [3.05, 3.63) is 66.7 Å². The SMILES string of the molecule is CNC(c1ccccc1I)c1c(Cl)cccc1Br. The number of nitrogens with one attached hydrogen (secondary N) is 1. The van der Waals surface area contributed by atoms with E-state index in [9.17, 15) is 0 Å². The quantitative estimate of drug-likeness (QED) is 0.667. The van der Waals surface area contributed by atoms with Crippen LogP contribution in [0.15, 0.2) is 46.9 Å². The maximum atomic E-state index is 6.33. The zero-order valence-electron chi connectivity index (χ0n) is 9.75. The van der Waals surface area contributed by atoms with Crippen LogP contribution in [0.5, 0.6) is 0 Å². The predicted molar refractivity (Wildman–Crippen MR) is 89.2 cm³/mol. The van der Waals surface area contributed by atoms with Crippen molar-refractivity contribution in [2.45, 2.75) is 6.04 Å². The maximum absolute atomic E-state index is 6.33. The molecule has 0 saturated carbocycles. The van der Waals surface area contributed by atoms with Crippen LogP contribution in [0.4, 0.5) is 0 Å². The summed E-state index contributed by atoms with van der Waals surface area (Å²) in [5.41, 5.74) is 2.31. The third-order valence-corrected chi connectivity index (χ3v) is 4.80. The van der Waals surface area contributed by atoms with Crippen LogP contribution >= 0.6 is 50.1 Å². The Kier molecular flexibility index (Phi) is 5.06. The first-order valence-electron chi connectivity index (χ1n) is 5.50. The van der Waals surface area contributed by atoms with Crippen molar-refractivity contribution in [2.24, 2.45) is 0 Å². The van der Waals surface area contributed by atoms with Crippen LogP contribution < -0.4 is 5.32 Å². The molecule has 0 heterocycles. The molecule has 1 unspecified atom stereocenters. The molecule has 0 aliphatic carbocycles. The molecule has 0 aliphatic heterocycles. The standard InChI is InChI=1S/C14H12BrClIN/c1-18-14(9-5-2-3-8-12(9)17)13-10(15)6-4-7-11(13)16/h2-8,14,18H,1H3. The maximum Gasteiger partial charge on any atom is 0.0610 e. The summed E-state index contributed by atoms with van der Waals surface area (Å²) in [6, 6.07) is 14.3. The molecule has 0 radical (unpaired) electrons. The normalized spacial score (nSPS) is 12.4. The van der Waals surface area contributed by atoms with Crippen molar-refractivity contribution in [1.82, 2.24) is 5.32 Å². The molecule has 0 bridgehead atoms. The second-order valence-corrected chi connectivity index (χ2v) is 6.30. The van der Waals surface area contributed by atoms with E-state index in [2.05, 4.69) is 56.0 Å². The predicted octanol–water partition coefficient (Wildman–Crippen LogP) is 5.02. The summed E-state index contributed by atoms with van der Waals surface area (Å²) >= 11 is 12.3. The van der Waals surface area contributed by atoms with Crippen molar-refractivity contribution in [2.75, 3.05) is 7.05 Å². The van der Waals surface area contributed by atoms with Crippen LogP contribution in [0.25, 0.3) is 0 Å². The van der Waals surface area contributed by atoms with E-state index in [1.165, 1.54) is 9.13 Å². The minimum Gasteiger partial charge on any atom is -0.309 e. The minimum atomic E-state index is 0.0844. The van der Waals surface area contributed by atoms with E-state index >= 15 is 0 Å². The summed E-state index contributed by atoms with van der Waals surface area (Å²) in [4.78, 5) is 0. The van der Waals surface area contributed by atoms with Gasteiger partial charge in [-0.2, -0.15) is 0 Å². The lowest BCUT2D eigenvalue weighted by atomic mass is 9.99. The topological polar surface area (TPSA) is 12.0 Å². The minimum absolute atomic E-state index is 0.0844. The lowest BCUT2D eigenvalue weighted by molar-refractivity contribution is 0.686. The molecule has 0 fully saturated rings. The molecular formula is C14H12BrClIN. The van der Waals surface area contributed by atoms with Gasteiger partial charge in [0.2, 0.25) is 0 Å². The zero-order chi connectivity index (χ0) is 13.1. The van der Waals surface area contributed by atoms with Crippen molar-refractivity contribution < 1.29 is 0 Å². The van der Waals surface area contributed by atoms with Crippen LogP contribution in [0, 0.1) is 3.57 Å². The van der Waals surface area contributed by atoms with E-state index in [1.807, 2.05) is 37.4 Å². The van der Waals surface area contributed by atoms with Gasteiger partial charge in [-0.25, -0.2) is 0 Å². The van der Waals surface area contributed by atoms with E-state index in [1.54, 1.807) is 0 Å². The van der Waals surface area contributed by atoms with Gasteiger partial charge in [0.1, 0.15) is 0 Å². The van der Waals surface area contributed by atoms with Gasteiger partial charge in [-0.3, -0.25) is 0 Å². The third kappa shape index (κ3) is 2.90. The second kappa shape index (κ2) is 6.37. The molecule has 4 heteroatoms. The Labute approximate surface area is 134 Å². The first kappa shape index (κ1) is 14.3. The number of halogens is 3. The Balaban J connectivity index is 2.56. The van der Waals surface area contributed by atoms with Crippen molar-refractivity contribution in [3.63, 3.8) is 0 Å². The van der Waals surface area contributed by atoms with Crippen molar-refractivity contribution in [3.8, 4) is 0 Å². The molecule has 0 amide bonds. The molecule has 1 N–H and O–H groups in total. The highest BCUT2D eigenvalue weighted by atomic mass is 127. The molecule has 2 rings (SSSR count). The molecule has 0 aromatic heterocycles. The highest BCUT2D eigenvalue weighted by Gasteiger charge is 2.19. The Bertz CT molecular complexity index is 539. The lowest BCUT2D eigenvalue weighted by Crippen LogP contribution is -2.19. The van der Waals surface area contributed by atoms with Gasteiger partial charge in [0.05, 0.1) is 6.04 Å². The summed E-state index contributed by atoms with van der Waals surface area (Å²) in [6.07, 6.45) is 0. The summed E-state index contributed by atoms with van der Waals surface area (Å²) in [7, 11) is 1.95. The Morgan fingerprint density at radius 3 is 2.50 bits per heavy atom. The van der Waals surface area contributed by atoms with Crippen molar-refractivity contribution >= 4 is 50.1 Å². The van der Waals surface area contributed by atoms with Gasteiger partial charge in [-0.15, -0.1) is 0 Å². The number of hydrogen-bond donors (Lipinski definition) is 1. The van der Waals surface area contributed by atoms with Crippen LogP contribution in [0.3, 0.4) is 0 Å². The summed E-state index contributed by atoms with van der Waals surface area (Å²) in [5.74, 6) is 0. The zero-order valence-corrected chi connectivity index (χ0v) is 14.3. The number of benzene rings is 2. The van der Waals surface area contributed by atoms with Crippen LogP contribution in [-0.4, -0.2) is 7.05 Å². The average molecular weight is 437 g/mol. The van der Waals surface area contributed by atoms with Gasteiger partial charge in [0.15, 0.2) is 0 Å². The average Bonchev–Trinajstić information content (AvgIpc) is 2.35. The van der Waals surface area contributed by atoms with Gasteiger partial charge < -0.3 is 5.32 Å². The number of hydrogen-bond acceptors (Lipinski definition) is 1. The largest absolute Gasteiger partial charge is 0.309 e. The molecular weight excluding hydrogens is 424 g/mol. The monoisotopic (exact) mass is 435 g/mol. The van der Waals surface area contributed by atoms with Gasteiger partial charge in [-0.1, -0.05) is 51.8 Å². The van der Waals surface area contributed by atoms with E-state index in [0.717, 1.165) is 15.1 Å². The Morgan fingerprint density at radius 2 is 1.89 bits per heavy atom. The third-order valence-electron chi connectivity index (χ3n) is 2.79. The van der Waals surface area contributed by atoms with Gasteiger partial charge >= 0.3 is 0 Å². The molecule has 18 heavy (non-hydrogen) atoms. The highest BCUT2D eigenvalue weighted by molar-refractivity contribution is 14.1. The summed E-state index contributed by atoms with van der Waals surface area (Å²) in [5, 5.41) is 4.10. The van der Waals surface area contributed by atoms with E-state index < -0.39 is 0 Å². The first-order valence-corrected chi connectivity index (χ1v) is 7.75. The fourth-order valence-electron chi connectivity index (χ4n) is 1.95. The van der Waals surface area contributed by atoms with Crippen molar-refractivity contribution in [1.29, 1.82) is 0 Å². The number of rotatable bonds is 3. The highest BCUT2D eigenvalue weighted by Crippen LogP contribution is 2.35. The summed E-state index contributed by atoms with van der Waals surface area (Å²) < 4.78 is 2.25. The smallest absolute Gasteiger partial charge is 0.0610 e. The fraction of sp³-hybridized carbons (Fsp3) is 0.143. The first-order chi connectivity index (χ1) is 8.65. The molecule has 0 aliphatic rings. The summed E-state index contributed by atoms with van der Waals surface area (Å²) in [6.45, 7) is 0. The van der Waals surface area contributed by atoms with Crippen LogP contribution in [-0.2, 0) is 0 Å². The van der Waals surface area contributed by atoms with Gasteiger partial charge in [0, 0.05) is 18.6 Å². The Hall–Kier alpha value is -0.100. The lowest BCUT2D eigenvalue weighted by Gasteiger charge is -2.21.